The molecule has 1 heterocycles. The monoisotopic (exact) mass is 223 g/mol. The van der Waals surface area contributed by atoms with E-state index >= 15 is 0 Å². The van der Waals surface area contributed by atoms with Crippen molar-refractivity contribution in [2.24, 2.45) is 5.41 Å². The standard InChI is InChI=1S/C12H17NO3/c1-8-5-9(16-10(8)11(14)15)6-13-7-12(2)3-4-12/h5,13H,3-4,6-7H2,1-2H3,(H,14,15). The number of nitrogens with one attached hydrogen (secondary N) is 1. The minimum absolute atomic E-state index is 0.0504. The highest BCUT2D eigenvalue weighted by atomic mass is 16.4. The van der Waals surface area contributed by atoms with Crippen molar-refractivity contribution in [1.29, 1.82) is 0 Å². The third-order valence-corrected chi connectivity index (χ3v) is 3.12. The Morgan fingerprint density at radius 3 is 2.81 bits per heavy atom. The van der Waals surface area contributed by atoms with Gasteiger partial charge in [-0.3, -0.25) is 0 Å². The summed E-state index contributed by atoms with van der Waals surface area (Å²) in [6.45, 7) is 5.56. The van der Waals surface area contributed by atoms with Gasteiger partial charge in [-0.05, 0) is 31.2 Å². The van der Waals surface area contributed by atoms with Gasteiger partial charge in [-0.25, -0.2) is 4.79 Å². The first-order chi connectivity index (χ1) is 7.50. The van der Waals surface area contributed by atoms with E-state index in [-0.39, 0.29) is 5.76 Å². The van der Waals surface area contributed by atoms with Crippen LogP contribution in [0.5, 0.6) is 0 Å². The van der Waals surface area contributed by atoms with E-state index in [1.807, 2.05) is 0 Å². The van der Waals surface area contributed by atoms with E-state index in [0.29, 0.717) is 23.3 Å². The number of rotatable bonds is 5. The van der Waals surface area contributed by atoms with Crippen LogP contribution in [0.2, 0.25) is 0 Å². The molecule has 4 nitrogen and oxygen atoms in total. The van der Waals surface area contributed by atoms with Crippen LogP contribution in [0.3, 0.4) is 0 Å². The second-order valence-corrected chi connectivity index (χ2v) is 4.94. The maximum Gasteiger partial charge on any atom is 0.372 e. The van der Waals surface area contributed by atoms with Crippen molar-refractivity contribution >= 4 is 5.97 Å². The predicted octanol–water partition coefficient (Wildman–Crippen LogP) is 2.18. The van der Waals surface area contributed by atoms with Gasteiger partial charge in [0.1, 0.15) is 5.76 Å². The molecule has 0 atom stereocenters. The smallest absolute Gasteiger partial charge is 0.372 e. The number of carboxylic acids is 1. The van der Waals surface area contributed by atoms with Crippen LogP contribution >= 0.6 is 0 Å². The third-order valence-electron chi connectivity index (χ3n) is 3.12. The highest BCUT2D eigenvalue weighted by Crippen LogP contribution is 2.44. The lowest BCUT2D eigenvalue weighted by Crippen LogP contribution is -2.21. The minimum atomic E-state index is -1.00. The first kappa shape index (κ1) is 11.2. The Bertz CT molecular complexity index is 404. The van der Waals surface area contributed by atoms with E-state index < -0.39 is 5.97 Å². The molecule has 1 fully saturated rings. The van der Waals surface area contributed by atoms with Crippen LogP contribution in [0.1, 0.15) is 41.6 Å². The zero-order chi connectivity index (χ0) is 11.8. The summed E-state index contributed by atoms with van der Waals surface area (Å²) < 4.78 is 5.25. The van der Waals surface area contributed by atoms with E-state index in [9.17, 15) is 4.79 Å². The second kappa shape index (κ2) is 3.94. The molecule has 0 radical (unpaired) electrons. The molecule has 0 aliphatic heterocycles. The Morgan fingerprint density at radius 2 is 2.31 bits per heavy atom. The summed E-state index contributed by atoms with van der Waals surface area (Å²) in [6.07, 6.45) is 2.55. The Morgan fingerprint density at radius 1 is 1.62 bits per heavy atom. The highest BCUT2D eigenvalue weighted by molar-refractivity contribution is 5.86. The molecule has 0 amide bonds. The molecule has 16 heavy (non-hydrogen) atoms. The van der Waals surface area contributed by atoms with Gasteiger partial charge < -0.3 is 14.8 Å². The maximum atomic E-state index is 10.8. The van der Waals surface area contributed by atoms with Gasteiger partial charge in [-0.15, -0.1) is 0 Å². The molecule has 1 aromatic rings. The van der Waals surface area contributed by atoms with E-state index in [0.717, 1.165) is 6.54 Å². The summed E-state index contributed by atoms with van der Waals surface area (Å²) in [5.41, 5.74) is 1.14. The molecule has 1 aliphatic carbocycles. The van der Waals surface area contributed by atoms with Gasteiger partial charge in [0.2, 0.25) is 5.76 Å². The number of furan rings is 1. The van der Waals surface area contributed by atoms with Gasteiger partial charge in [0.15, 0.2) is 0 Å². The van der Waals surface area contributed by atoms with Crippen LogP contribution in [0.4, 0.5) is 0 Å². The van der Waals surface area contributed by atoms with Crippen molar-refractivity contribution in [1.82, 2.24) is 5.32 Å². The lowest BCUT2D eigenvalue weighted by atomic mass is 10.1. The number of hydrogen-bond acceptors (Lipinski definition) is 3. The van der Waals surface area contributed by atoms with Gasteiger partial charge in [0.05, 0.1) is 6.54 Å². The van der Waals surface area contributed by atoms with Crippen LogP contribution in [0, 0.1) is 12.3 Å². The highest BCUT2D eigenvalue weighted by Gasteiger charge is 2.36. The van der Waals surface area contributed by atoms with Crippen molar-refractivity contribution in [2.75, 3.05) is 6.54 Å². The molecule has 0 unspecified atom stereocenters. The Hall–Kier alpha value is -1.29. The average Bonchev–Trinajstić information content (AvgIpc) is 2.79. The first-order valence-electron chi connectivity index (χ1n) is 5.53. The van der Waals surface area contributed by atoms with Gasteiger partial charge in [0, 0.05) is 12.1 Å². The van der Waals surface area contributed by atoms with Crippen LogP contribution in [-0.4, -0.2) is 17.6 Å². The molecule has 4 heteroatoms. The lowest BCUT2D eigenvalue weighted by molar-refractivity contribution is 0.0659. The quantitative estimate of drug-likeness (QED) is 0.803. The van der Waals surface area contributed by atoms with Crippen molar-refractivity contribution in [3.63, 3.8) is 0 Å². The van der Waals surface area contributed by atoms with Crippen molar-refractivity contribution < 1.29 is 14.3 Å². The number of aryl methyl sites for hydroxylation is 1. The van der Waals surface area contributed by atoms with Crippen molar-refractivity contribution in [3.8, 4) is 0 Å². The summed E-state index contributed by atoms with van der Waals surface area (Å²) in [7, 11) is 0. The SMILES string of the molecule is Cc1cc(CNCC2(C)CC2)oc1C(=O)O. The molecule has 0 spiro atoms. The predicted molar refractivity (Wildman–Crippen MR) is 59.5 cm³/mol. The molecular formula is C12H17NO3. The van der Waals surface area contributed by atoms with Crippen LogP contribution in [0.25, 0.3) is 0 Å². The number of carboxylic acid groups (broad SMARTS) is 1. The third kappa shape index (κ3) is 2.44. The molecule has 1 aliphatic rings. The Kier molecular flexibility index (Phi) is 2.76. The zero-order valence-corrected chi connectivity index (χ0v) is 9.67. The molecule has 0 aromatic carbocycles. The van der Waals surface area contributed by atoms with Gasteiger partial charge in [-0.2, -0.15) is 0 Å². The van der Waals surface area contributed by atoms with Crippen LogP contribution in [-0.2, 0) is 6.54 Å². The minimum Gasteiger partial charge on any atom is -0.475 e. The summed E-state index contributed by atoms with van der Waals surface area (Å²) >= 11 is 0. The van der Waals surface area contributed by atoms with E-state index in [2.05, 4.69) is 12.2 Å². The normalized spacial score (nSPS) is 17.4. The zero-order valence-electron chi connectivity index (χ0n) is 9.67. The fourth-order valence-electron chi connectivity index (χ4n) is 1.73. The molecule has 1 saturated carbocycles. The molecular weight excluding hydrogens is 206 g/mol. The fraction of sp³-hybridized carbons (Fsp3) is 0.583. The van der Waals surface area contributed by atoms with Crippen molar-refractivity contribution in [3.05, 3.63) is 23.2 Å². The number of hydrogen-bond donors (Lipinski definition) is 2. The molecule has 2 rings (SSSR count). The maximum absolute atomic E-state index is 10.8. The summed E-state index contributed by atoms with van der Waals surface area (Å²) in [6, 6.07) is 1.78. The van der Waals surface area contributed by atoms with Gasteiger partial charge in [0.25, 0.3) is 0 Å². The summed E-state index contributed by atoms with van der Waals surface area (Å²) in [5.74, 6) is -0.258. The van der Waals surface area contributed by atoms with Crippen molar-refractivity contribution in [2.45, 2.75) is 33.2 Å². The molecule has 1 aromatic heterocycles. The molecule has 0 saturated heterocycles. The van der Waals surface area contributed by atoms with Crippen LogP contribution in [0.15, 0.2) is 10.5 Å². The lowest BCUT2D eigenvalue weighted by Gasteiger charge is -2.07. The Balaban J connectivity index is 1.89. The number of aromatic carboxylic acids is 1. The largest absolute Gasteiger partial charge is 0.475 e. The van der Waals surface area contributed by atoms with E-state index in [1.54, 1.807) is 13.0 Å². The molecule has 2 N–H and O–H groups in total. The van der Waals surface area contributed by atoms with Gasteiger partial charge >= 0.3 is 5.97 Å². The number of carbonyl (C=O) groups is 1. The van der Waals surface area contributed by atoms with Gasteiger partial charge in [-0.1, -0.05) is 6.92 Å². The molecule has 0 bridgehead atoms. The van der Waals surface area contributed by atoms with Crippen LogP contribution < -0.4 is 5.32 Å². The first-order valence-corrected chi connectivity index (χ1v) is 5.53. The second-order valence-electron chi connectivity index (χ2n) is 4.94. The topological polar surface area (TPSA) is 62.5 Å². The Labute approximate surface area is 94.6 Å². The molecule has 88 valence electrons. The fourth-order valence-corrected chi connectivity index (χ4v) is 1.73. The van der Waals surface area contributed by atoms with E-state index in [4.69, 9.17) is 9.52 Å². The summed E-state index contributed by atoms with van der Waals surface area (Å²) in [5, 5.41) is 12.1. The van der Waals surface area contributed by atoms with E-state index in [1.165, 1.54) is 12.8 Å². The average molecular weight is 223 g/mol. The summed E-state index contributed by atoms with van der Waals surface area (Å²) in [4.78, 5) is 10.8.